The first kappa shape index (κ1) is 21.4. The van der Waals surface area contributed by atoms with Crippen molar-refractivity contribution in [1.29, 1.82) is 5.26 Å². The maximum atomic E-state index is 13.2. The van der Waals surface area contributed by atoms with E-state index in [4.69, 9.17) is 4.52 Å². The van der Waals surface area contributed by atoms with Crippen LogP contribution >= 0.6 is 0 Å². The molecule has 12 heteroatoms. The number of aromatic amines is 1. The standard InChI is InChI=1S/C23H15N7O5/c1-30-17-10-14(26-22(32)19-6-7-25-34-19)4-3-13(17)9-18(30)21(31)27-16-5-2-12(11-24)8-15(16)20-28-23(33)35-29-20/h2-10H,1H3,(H,26,32)(H,27,31)(H,28,29,33). The number of hydrogen-bond donors (Lipinski definition) is 3. The largest absolute Gasteiger partial charge is 0.439 e. The molecule has 3 N–H and O–H groups in total. The number of hydrogen-bond acceptors (Lipinski definition) is 8. The number of aryl methyl sites for hydroxylation is 1. The van der Waals surface area contributed by atoms with Crippen LogP contribution in [0.4, 0.5) is 11.4 Å². The van der Waals surface area contributed by atoms with Crippen molar-refractivity contribution >= 4 is 34.1 Å². The van der Waals surface area contributed by atoms with E-state index in [0.29, 0.717) is 33.7 Å². The van der Waals surface area contributed by atoms with Gasteiger partial charge in [0.25, 0.3) is 11.8 Å². The summed E-state index contributed by atoms with van der Waals surface area (Å²) >= 11 is 0. The second-order valence-corrected chi connectivity index (χ2v) is 7.46. The number of fused-ring (bicyclic) bond motifs is 1. The molecule has 5 rings (SSSR count). The SMILES string of the molecule is Cn1c(C(=O)Nc2ccc(C#N)cc2-c2noc(=O)[nH]2)cc2ccc(NC(=O)c3ccno3)cc21. The zero-order chi connectivity index (χ0) is 24.5. The smallest absolute Gasteiger partial charge is 0.351 e. The molecular weight excluding hydrogens is 454 g/mol. The number of carbonyl (C=O) groups excluding carboxylic acids is 2. The number of anilines is 2. The van der Waals surface area contributed by atoms with E-state index in [-0.39, 0.29) is 11.6 Å². The van der Waals surface area contributed by atoms with Crippen LogP contribution in [0.2, 0.25) is 0 Å². The van der Waals surface area contributed by atoms with E-state index in [9.17, 15) is 19.6 Å². The summed E-state index contributed by atoms with van der Waals surface area (Å²) in [7, 11) is 1.72. The minimum absolute atomic E-state index is 0.0729. The molecule has 3 aromatic heterocycles. The summed E-state index contributed by atoms with van der Waals surface area (Å²) in [5.74, 6) is -1.50. The first-order valence-electron chi connectivity index (χ1n) is 10.2. The average molecular weight is 469 g/mol. The molecule has 35 heavy (non-hydrogen) atoms. The lowest BCUT2D eigenvalue weighted by Gasteiger charge is -2.10. The summed E-state index contributed by atoms with van der Waals surface area (Å²) in [6.07, 6.45) is 1.37. The van der Waals surface area contributed by atoms with Crippen molar-refractivity contribution in [3.63, 3.8) is 0 Å². The molecule has 0 saturated carbocycles. The molecule has 0 saturated heterocycles. The lowest BCUT2D eigenvalue weighted by Crippen LogP contribution is -2.16. The second kappa shape index (κ2) is 8.49. The molecule has 0 fully saturated rings. The summed E-state index contributed by atoms with van der Waals surface area (Å²) < 4.78 is 11.1. The minimum Gasteiger partial charge on any atom is -0.351 e. The quantitative estimate of drug-likeness (QED) is 0.352. The Labute approximate surface area is 195 Å². The third-order valence-corrected chi connectivity index (χ3v) is 5.29. The van der Waals surface area contributed by atoms with Crippen molar-refractivity contribution in [1.82, 2.24) is 19.9 Å². The van der Waals surface area contributed by atoms with Gasteiger partial charge in [-0.2, -0.15) is 5.26 Å². The molecule has 0 aliphatic carbocycles. The van der Waals surface area contributed by atoms with Crippen LogP contribution in [-0.2, 0) is 7.05 Å². The molecule has 2 aromatic carbocycles. The molecule has 0 aliphatic heterocycles. The highest BCUT2D eigenvalue weighted by Crippen LogP contribution is 2.28. The van der Waals surface area contributed by atoms with Gasteiger partial charge in [-0.25, -0.2) is 4.79 Å². The topological polar surface area (TPSA) is 172 Å². The number of carbonyl (C=O) groups is 2. The average Bonchev–Trinajstić information content (AvgIpc) is 3.60. The summed E-state index contributed by atoms with van der Waals surface area (Å²) in [6.45, 7) is 0. The van der Waals surface area contributed by atoms with Crippen molar-refractivity contribution in [2.24, 2.45) is 7.05 Å². The Balaban J connectivity index is 1.45. The van der Waals surface area contributed by atoms with Gasteiger partial charge in [-0.1, -0.05) is 16.4 Å². The molecule has 0 radical (unpaired) electrons. The molecule has 0 bridgehead atoms. The lowest BCUT2D eigenvalue weighted by molar-refractivity contribution is 0.0986. The van der Waals surface area contributed by atoms with Gasteiger partial charge < -0.3 is 19.7 Å². The monoisotopic (exact) mass is 469 g/mol. The van der Waals surface area contributed by atoms with E-state index in [1.165, 1.54) is 24.4 Å². The van der Waals surface area contributed by atoms with E-state index in [2.05, 4.69) is 30.5 Å². The van der Waals surface area contributed by atoms with Crippen molar-refractivity contribution in [3.8, 4) is 17.5 Å². The van der Waals surface area contributed by atoms with Crippen molar-refractivity contribution in [2.75, 3.05) is 10.6 Å². The van der Waals surface area contributed by atoms with Crippen LogP contribution < -0.4 is 16.4 Å². The molecule has 172 valence electrons. The number of rotatable bonds is 5. The van der Waals surface area contributed by atoms with Crippen LogP contribution in [0.3, 0.4) is 0 Å². The van der Waals surface area contributed by atoms with Crippen LogP contribution in [0.5, 0.6) is 0 Å². The minimum atomic E-state index is -0.764. The predicted octanol–water partition coefficient (Wildman–Crippen LogP) is 2.89. The molecule has 5 aromatic rings. The Bertz CT molecular complexity index is 1690. The third kappa shape index (κ3) is 4.05. The number of nitrogens with zero attached hydrogens (tertiary/aromatic N) is 4. The second-order valence-electron chi connectivity index (χ2n) is 7.46. The molecule has 0 aliphatic rings. The maximum Gasteiger partial charge on any atom is 0.439 e. The zero-order valence-electron chi connectivity index (χ0n) is 18.0. The predicted molar refractivity (Wildman–Crippen MR) is 123 cm³/mol. The summed E-state index contributed by atoms with van der Waals surface area (Å²) in [4.78, 5) is 39.2. The fraction of sp³-hybridized carbons (Fsp3) is 0.0435. The van der Waals surface area contributed by atoms with Gasteiger partial charge in [0.1, 0.15) is 5.69 Å². The Morgan fingerprint density at radius 3 is 2.63 bits per heavy atom. The van der Waals surface area contributed by atoms with Gasteiger partial charge in [-0.15, -0.1) is 0 Å². The van der Waals surface area contributed by atoms with Crippen LogP contribution in [0.25, 0.3) is 22.3 Å². The molecular formula is C23H15N7O5. The van der Waals surface area contributed by atoms with Crippen LogP contribution in [0.15, 0.2) is 68.6 Å². The van der Waals surface area contributed by atoms with Gasteiger partial charge in [0.2, 0.25) is 5.76 Å². The fourth-order valence-corrected chi connectivity index (χ4v) is 3.60. The Hall–Kier alpha value is -5.44. The van der Waals surface area contributed by atoms with E-state index < -0.39 is 17.6 Å². The van der Waals surface area contributed by atoms with E-state index in [0.717, 1.165) is 5.39 Å². The van der Waals surface area contributed by atoms with Crippen LogP contribution in [0, 0.1) is 11.3 Å². The van der Waals surface area contributed by atoms with Gasteiger partial charge in [0, 0.05) is 29.8 Å². The molecule has 2 amide bonds. The number of benzene rings is 2. The summed E-state index contributed by atoms with van der Waals surface area (Å²) in [6, 6.07) is 14.9. The Morgan fingerprint density at radius 1 is 1.06 bits per heavy atom. The molecule has 0 unspecified atom stereocenters. The van der Waals surface area contributed by atoms with Crippen LogP contribution in [-0.4, -0.2) is 31.7 Å². The van der Waals surface area contributed by atoms with Gasteiger partial charge in [-0.3, -0.25) is 19.1 Å². The number of nitriles is 1. The maximum absolute atomic E-state index is 13.2. The van der Waals surface area contributed by atoms with Gasteiger partial charge >= 0.3 is 5.76 Å². The van der Waals surface area contributed by atoms with Crippen molar-refractivity contribution in [2.45, 2.75) is 0 Å². The zero-order valence-corrected chi connectivity index (χ0v) is 18.0. The van der Waals surface area contributed by atoms with E-state index in [1.807, 2.05) is 6.07 Å². The third-order valence-electron chi connectivity index (χ3n) is 5.29. The number of nitrogens with one attached hydrogen (secondary N) is 3. The fourth-order valence-electron chi connectivity index (χ4n) is 3.60. The first-order chi connectivity index (χ1) is 16.9. The summed E-state index contributed by atoms with van der Waals surface area (Å²) in [5.41, 5.74) is 2.50. The molecule has 0 atom stereocenters. The number of aromatic nitrogens is 4. The van der Waals surface area contributed by atoms with Crippen molar-refractivity contribution < 1.29 is 18.6 Å². The van der Waals surface area contributed by atoms with Gasteiger partial charge in [0.15, 0.2) is 5.82 Å². The van der Waals surface area contributed by atoms with Gasteiger partial charge in [0.05, 0.1) is 29.0 Å². The van der Waals surface area contributed by atoms with E-state index >= 15 is 0 Å². The van der Waals surface area contributed by atoms with Crippen LogP contribution in [0.1, 0.15) is 26.6 Å². The number of amides is 2. The lowest BCUT2D eigenvalue weighted by atomic mass is 10.1. The van der Waals surface area contributed by atoms with Crippen molar-refractivity contribution in [3.05, 3.63) is 82.3 Å². The number of H-pyrrole nitrogens is 1. The highest BCUT2D eigenvalue weighted by molar-refractivity contribution is 6.08. The van der Waals surface area contributed by atoms with E-state index in [1.54, 1.807) is 41.9 Å². The van der Waals surface area contributed by atoms with Gasteiger partial charge in [-0.05, 0) is 36.4 Å². The Kier molecular flexibility index (Phi) is 5.19. The normalized spacial score (nSPS) is 10.7. The first-order valence-corrected chi connectivity index (χ1v) is 10.2. The molecule has 12 nitrogen and oxygen atoms in total. The molecule has 3 heterocycles. The highest BCUT2D eigenvalue weighted by atomic mass is 16.5. The summed E-state index contributed by atoms with van der Waals surface area (Å²) in [5, 5.41) is 22.7. The Morgan fingerprint density at radius 2 is 1.91 bits per heavy atom. The highest BCUT2D eigenvalue weighted by Gasteiger charge is 2.18. The molecule has 0 spiro atoms.